The van der Waals surface area contributed by atoms with E-state index in [2.05, 4.69) is 10.3 Å². The molecule has 1 saturated heterocycles. The molecule has 0 bridgehead atoms. The van der Waals surface area contributed by atoms with E-state index in [0.717, 1.165) is 5.39 Å². The van der Waals surface area contributed by atoms with Gasteiger partial charge in [-0.2, -0.15) is 8.78 Å². The van der Waals surface area contributed by atoms with Crippen molar-refractivity contribution >= 4 is 22.7 Å². The molecule has 2 amide bonds. The second-order valence-corrected chi connectivity index (χ2v) is 7.55. The van der Waals surface area contributed by atoms with E-state index in [-0.39, 0.29) is 18.9 Å². The molecule has 4 rings (SSSR count). The number of amides is 2. The lowest BCUT2D eigenvalue weighted by Crippen LogP contribution is -2.46. The molecule has 1 aliphatic rings. The lowest BCUT2D eigenvalue weighted by atomic mass is 9.99. The SMILES string of the molecule is CC(F)(F)C(=O)NC1CC(=O)N(Cc2cc(F)cc3[nH]ccc23)C1c1ccccc1. The van der Waals surface area contributed by atoms with Crippen molar-refractivity contribution < 1.29 is 22.8 Å². The molecule has 0 aliphatic carbocycles. The lowest BCUT2D eigenvalue weighted by molar-refractivity contribution is -0.144. The number of carbonyl (C=O) groups is 2. The molecule has 1 aliphatic heterocycles. The van der Waals surface area contributed by atoms with Crippen LogP contribution >= 0.6 is 0 Å². The maximum absolute atomic E-state index is 14.1. The summed E-state index contributed by atoms with van der Waals surface area (Å²) in [6.45, 7) is 0.600. The monoisotopic (exact) mass is 415 g/mol. The van der Waals surface area contributed by atoms with Crippen LogP contribution in [0.15, 0.2) is 54.7 Å². The van der Waals surface area contributed by atoms with E-state index in [4.69, 9.17) is 0 Å². The van der Waals surface area contributed by atoms with E-state index in [1.807, 2.05) is 0 Å². The highest BCUT2D eigenvalue weighted by Gasteiger charge is 2.44. The molecule has 2 atom stereocenters. The number of halogens is 3. The zero-order valence-electron chi connectivity index (χ0n) is 16.2. The highest BCUT2D eigenvalue weighted by molar-refractivity contribution is 5.87. The number of H-pyrrole nitrogens is 1. The molecular formula is C22H20F3N3O2. The van der Waals surface area contributed by atoms with Gasteiger partial charge in [0.15, 0.2) is 0 Å². The Labute approximate surface area is 170 Å². The Balaban J connectivity index is 1.71. The smallest absolute Gasteiger partial charge is 0.321 e. The van der Waals surface area contributed by atoms with Crippen LogP contribution in [0.5, 0.6) is 0 Å². The average Bonchev–Trinajstić information content (AvgIpc) is 3.26. The van der Waals surface area contributed by atoms with Crippen molar-refractivity contribution in [3.05, 3.63) is 71.7 Å². The van der Waals surface area contributed by atoms with Crippen molar-refractivity contribution in [2.45, 2.75) is 37.9 Å². The summed E-state index contributed by atoms with van der Waals surface area (Å²) in [6.07, 6.45) is 1.56. The fraction of sp³-hybridized carbons (Fsp3) is 0.273. The minimum atomic E-state index is -3.56. The van der Waals surface area contributed by atoms with Crippen LogP contribution < -0.4 is 5.32 Å². The van der Waals surface area contributed by atoms with Crippen LogP contribution in [0.25, 0.3) is 10.9 Å². The van der Waals surface area contributed by atoms with E-state index in [1.165, 1.54) is 17.0 Å². The Morgan fingerprint density at radius 1 is 1.23 bits per heavy atom. The predicted octanol–water partition coefficient (Wildman–Crippen LogP) is 3.92. The van der Waals surface area contributed by atoms with Gasteiger partial charge in [0.2, 0.25) is 5.91 Å². The summed E-state index contributed by atoms with van der Waals surface area (Å²) in [5.41, 5.74) is 1.89. The third-order valence-corrected chi connectivity index (χ3v) is 5.35. The summed E-state index contributed by atoms with van der Waals surface area (Å²) in [5.74, 6) is -5.74. The van der Waals surface area contributed by atoms with Crippen LogP contribution in [0.2, 0.25) is 0 Å². The number of hydrogen-bond donors (Lipinski definition) is 2. The second-order valence-electron chi connectivity index (χ2n) is 7.55. The quantitative estimate of drug-likeness (QED) is 0.664. The summed E-state index contributed by atoms with van der Waals surface area (Å²) < 4.78 is 41.0. The number of rotatable bonds is 5. The standard InChI is InChI=1S/C22H20F3N3O2/c1-22(24,25)21(30)27-18-11-19(29)28(20(18)13-5-3-2-4-6-13)12-14-9-15(23)10-17-16(14)7-8-26-17/h2-10,18,20,26H,11-12H2,1H3,(H,27,30). The van der Waals surface area contributed by atoms with Gasteiger partial charge in [-0.05, 0) is 29.3 Å². The normalized spacial score (nSPS) is 19.5. The number of nitrogens with zero attached hydrogens (tertiary/aromatic N) is 1. The Kier molecular flexibility index (Phi) is 5.01. The maximum atomic E-state index is 14.1. The molecule has 8 heteroatoms. The molecule has 156 valence electrons. The molecule has 2 unspecified atom stereocenters. The fourth-order valence-electron chi connectivity index (χ4n) is 3.98. The minimum absolute atomic E-state index is 0.0827. The van der Waals surface area contributed by atoms with Gasteiger partial charge in [-0.25, -0.2) is 4.39 Å². The number of nitrogens with one attached hydrogen (secondary N) is 2. The number of fused-ring (bicyclic) bond motifs is 1. The van der Waals surface area contributed by atoms with Gasteiger partial charge >= 0.3 is 5.92 Å². The topological polar surface area (TPSA) is 65.2 Å². The maximum Gasteiger partial charge on any atom is 0.321 e. The number of aromatic amines is 1. The van der Waals surface area contributed by atoms with Crippen molar-refractivity contribution in [1.29, 1.82) is 0 Å². The van der Waals surface area contributed by atoms with Crippen molar-refractivity contribution in [3.63, 3.8) is 0 Å². The van der Waals surface area contributed by atoms with Gasteiger partial charge in [-0.3, -0.25) is 9.59 Å². The van der Waals surface area contributed by atoms with Gasteiger partial charge in [0.05, 0.1) is 12.1 Å². The number of carbonyl (C=O) groups excluding carboxylic acids is 2. The predicted molar refractivity (Wildman–Crippen MR) is 105 cm³/mol. The Hall–Kier alpha value is -3.29. The Morgan fingerprint density at radius 2 is 1.97 bits per heavy atom. The molecule has 1 fully saturated rings. The molecule has 2 aromatic carbocycles. The zero-order chi connectivity index (χ0) is 21.5. The highest BCUT2D eigenvalue weighted by atomic mass is 19.3. The zero-order valence-corrected chi connectivity index (χ0v) is 16.2. The third-order valence-electron chi connectivity index (χ3n) is 5.35. The van der Waals surface area contributed by atoms with Crippen molar-refractivity contribution in [2.24, 2.45) is 0 Å². The summed E-state index contributed by atoms with van der Waals surface area (Å²) >= 11 is 0. The van der Waals surface area contributed by atoms with Crippen molar-refractivity contribution in [2.75, 3.05) is 0 Å². The number of alkyl halides is 2. The number of likely N-dealkylation sites (tertiary alicyclic amines) is 1. The molecule has 0 saturated carbocycles. The molecular weight excluding hydrogens is 395 g/mol. The summed E-state index contributed by atoms with van der Waals surface area (Å²) in [6, 6.07) is 11.9. The molecule has 2 heterocycles. The summed E-state index contributed by atoms with van der Waals surface area (Å²) in [5, 5.41) is 3.09. The van der Waals surface area contributed by atoms with Crippen LogP contribution in [0.3, 0.4) is 0 Å². The molecule has 3 aromatic rings. The lowest BCUT2D eigenvalue weighted by Gasteiger charge is -2.30. The van der Waals surface area contributed by atoms with E-state index in [0.29, 0.717) is 23.6 Å². The average molecular weight is 415 g/mol. The number of aromatic nitrogens is 1. The van der Waals surface area contributed by atoms with Gasteiger partial charge in [0.25, 0.3) is 5.91 Å². The third kappa shape index (κ3) is 3.77. The number of benzene rings is 2. The van der Waals surface area contributed by atoms with Crippen LogP contribution in [-0.2, 0) is 16.1 Å². The van der Waals surface area contributed by atoms with Crippen LogP contribution in [-0.4, -0.2) is 33.7 Å². The van der Waals surface area contributed by atoms with E-state index < -0.39 is 29.7 Å². The molecule has 0 spiro atoms. The summed E-state index contributed by atoms with van der Waals surface area (Å²) in [7, 11) is 0. The molecule has 2 N–H and O–H groups in total. The largest absolute Gasteiger partial charge is 0.361 e. The van der Waals surface area contributed by atoms with Crippen LogP contribution in [0, 0.1) is 5.82 Å². The fourth-order valence-corrected chi connectivity index (χ4v) is 3.98. The van der Waals surface area contributed by atoms with Crippen molar-refractivity contribution in [1.82, 2.24) is 15.2 Å². The van der Waals surface area contributed by atoms with E-state index in [1.54, 1.807) is 42.6 Å². The van der Waals surface area contributed by atoms with Crippen LogP contribution in [0.1, 0.15) is 30.5 Å². The van der Waals surface area contributed by atoms with Crippen molar-refractivity contribution in [3.8, 4) is 0 Å². The van der Waals surface area contributed by atoms with E-state index >= 15 is 0 Å². The van der Waals surface area contributed by atoms with Crippen LogP contribution in [0.4, 0.5) is 13.2 Å². The van der Waals surface area contributed by atoms with Gasteiger partial charge < -0.3 is 15.2 Å². The van der Waals surface area contributed by atoms with Gasteiger partial charge in [-0.1, -0.05) is 30.3 Å². The van der Waals surface area contributed by atoms with E-state index in [9.17, 15) is 22.8 Å². The molecule has 5 nitrogen and oxygen atoms in total. The Morgan fingerprint density at radius 3 is 2.67 bits per heavy atom. The molecule has 0 radical (unpaired) electrons. The first-order valence-electron chi connectivity index (χ1n) is 9.53. The first-order chi connectivity index (χ1) is 14.2. The van der Waals surface area contributed by atoms with Gasteiger partial charge in [0, 0.05) is 37.0 Å². The number of hydrogen-bond acceptors (Lipinski definition) is 2. The minimum Gasteiger partial charge on any atom is -0.361 e. The van der Waals surface area contributed by atoms with Gasteiger partial charge in [0.1, 0.15) is 5.82 Å². The van der Waals surface area contributed by atoms with Gasteiger partial charge in [-0.15, -0.1) is 0 Å². The molecule has 30 heavy (non-hydrogen) atoms. The first kappa shape index (κ1) is 20.0. The molecule has 1 aromatic heterocycles. The summed E-state index contributed by atoms with van der Waals surface area (Å²) in [4.78, 5) is 29.2. The Bertz CT molecular complexity index is 1090. The second kappa shape index (κ2) is 7.51. The highest BCUT2D eigenvalue weighted by Crippen LogP contribution is 2.36. The first-order valence-corrected chi connectivity index (χ1v) is 9.53.